The van der Waals surface area contributed by atoms with Gasteiger partial charge in [0.1, 0.15) is 11.9 Å². The first-order valence-electron chi connectivity index (χ1n) is 14.2. The number of ether oxygens (including phenoxy) is 1. The Bertz CT molecular complexity index is 1310. The van der Waals surface area contributed by atoms with E-state index in [1.54, 1.807) is 4.90 Å². The first-order chi connectivity index (χ1) is 19.2. The minimum atomic E-state index is -0.211. The molecule has 2 fully saturated rings. The molecular weight excluding hydrogens is 502 g/mol. The van der Waals surface area contributed by atoms with Gasteiger partial charge in [-0.25, -0.2) is 6.57 Å². The van der Waals surface area contributed by atoms with Crippen LogP contribution >= 0.6 is 0 Å². The molecule has 3 heterocycles. The second kappa shape index (κ2) is 11.5. The highest BCUT2D eigenvalue weighted by atomic mass is 16.5. The third kappa shape index (κ3) is 5.78. The fourth-order valence-electron chi connectivity index (χ4n) is 6.13. The van der Waals surface area contributed by atoms with Crippen molar-refractivity contribution in [1.82, 2.24) is 19.8 Å². The van der Waals surface area contributed by atoms with Crippen molar-refractivity contribution in [2.45, 2.75) is 45.7 Å². The molecule has 212 valence electrons. The highest BCUT2D eigenvalue weighted by Crippen LogP contribution is 2.46. The Morgan fingerprint density at radius 3 is 2.73 bits per heavy atom. The topological polar surface area (TPSA) is 69.4 Å². The first kappa shape index (κ1) is 27.9. The van der Waals surface area contributed by atoms with Gasteiger partial charge in [0.05, 0.1) is 18.8 Å². The fraction of sp³-hybridized carbons (Fsp3) is 0.548. The molecule has 40 heavy (non-hydrogen) atoms. The maximum atomic E-state index is 12.5. The maximum Gasteiger partial charge on any atom is 0.318 e. The number of hydrogen-bond donors (Lipinski definition) is 0. The molecule has 1 atom stereocenters. The summed E-state index contributed by atoms with van der Waals surface area (Å²) in [7, 11) is 4.21. The maximum absolute atomic E-state index is 12.5. The van der Waals surface area contributed by atoms with E-state index in [1.165, 1.54) is 22.9 Å². The van der Waals surface area contributed by atoms with E-state index in [1.807, 2.05) is 0 Å². The number of rotatable bonds is 9. The van der Waals surface area contributed by atoms with Gasteiger partial charge in [-0.2, -0.15) is 9.97 Å². The van der Waals surface area contributed by atoms with E-state index in [0.29, 0.717) is 38.8 Å². The van der Waals surface area contributed by atoms with Crippen LogP contribution in [0.2, 0.25) is 0 Å². The van der Waals surface area contributed by atoms with Crippen LogP contribution in [0.25, 0.3) is 4.85 Å². The monoisotopic (exact) mass is 543 g/mol. The van der Waals surface area contributed by atoms with Crippen molar-refractivity contribution in [2.75, 3.05) is 69.8 Å². The number of aryl methyl sites for hydroxylation is 1. The number of nitrogens with zero attached hydrogens (tertiary/aromatic N) is 7. The molecule has 9 heteroatoms. The molecule has 0 bridgehead atoms. The molecule has 1 unspecified atom stereocenters. The molecule has 1 saturated carbocycles. The second-order valence-electron chi connectivity index (χ2n) is 11.8. The van der Waals surface area contributed by atoms with E-state index in [2.05, 4.69) is 72.3 Å². The molecule has 2 aromatic rings. The van der Waals surface area contributed by atoms with Crippen LogP contribution in [-0.2, 0) is 17.8 Å². The van der Waals surface area contributed by atoms with Crippen LogP contribution in [0.5, 0.6) is 6.01 Å². The first-order valence-corrected chi connectivity index (χ1v) is 14.2. The van der Waals surface area contributed by atoms with Crippen LogP contribution in [0, 0.1) is 25.8 Å². The van der Waals surface area contributed by atoms with Crippen molar-refractivity contribution < 1.29 is 9.53 Å². The summed E-state index contributed by atoms with van der Waals surface area (Å²) in [6, 6.07) is 6.68. The highest BCUT2D eigenvalue weighted by Gasteiger charge is 2.44. The van der Waals surface area contributed by atoms with Gasteiger partial charge in [0, 0.05) is 49.4 Å². The van der Waals surface area contributed by atoms with Crippen molar-refractivity contribution in [3.63, 3.8) is 0 Å². The molecule has 1 aliphatic carbocycles. The van der Waals surface area contributed by atoms with Gasteiger partial charge in [-0.1, -0.05) is 18.7 Å². The lowest BCUT2D eigenvalue weighted by molar-refractivity contribution is -0.128. The minimum Gasteiger partial charge on any atom is -0.463 e. The summed E-state index contributed by atoms with van der Waals surface area (Å²) < 4.78 is 6.35. The normalized spacial score (nSPS) is 19.7. The van der Waals surface area contributed by atoms with E-state index in [9.17, 15) is 4.79 Å². The Kier molecular flexibility index (Phi) is 7.99. The Morgan fingerprint density at radius 1 is 1.23 bits per heavy atom. The number of hydrogen-bond acceptors (Lipinski definition) is 7. The average molecular weight is 544 g/mol. The van der Waals surface area contributed by atoms with Gasteiger partial charge >= 0.3 is 6.01 Å². The lowest BCUT2D eigenvalue weighted by Crippen LogP contribution is -2.56. The zero-order valence-corrected chi connectivity index (χ0v) is 24.3. The smallest absolute Gasteiger partial charge is 0.318 e. The quantitative estimate of drug-likeness (QED) is 0.354. The number of anilines is 2. The van der Waals surface area contributed by atoms with Gasteiger partial charge in [0.2, 0.25) is 12.5 Å². The van der Waals surface area contributed by atoms with E-state index in [0.717, 1.165) is 49.4 Å². The van der Waals surface area contributed by atoms with E-state index < -0.39 is 0 Å². The van der Waals surface area contributed by atoms with Crippen molar-refractivity contribution in [3.05, 3.63) is 64.7 Å². The van der Waals surface area contributed by atoms with E-state index in [-0.39, 0.29) is 23.9 Å². The van der Waals surface area contributed by atoms with Crippen LogP contribution in [0.1, 0.15) is 35.2 Å². The molecule has 5 rings (SSSR count). The number of aromatic nitrogens is 2. The molecule has 9 nitrogen and oxygen atoms in total. The molecule has 0 spiro atoms. The number of carbonyl (C=O) groups is 1. The predicted octanol–water partition coefficient (Wildman–Crippen LogP) is 3.50. The predicted molar refractivity (Wildman–Crippen MR) is 158 cm³/mol. The van der Waals surface area contributed by atoms with Gasteiger partial charge in [-0.3, -0.25) is 4.79 Å². The minimum absolute atomic E-state index is 0.123. The summed E-state index contributed by atoms with van der Waals surface area (Å²) in [6.07, 6.45) is 4.47. The Labute approximate surface area is 238 Å². The van der Waals surface area contributed by atoms with E-state index in [4.69, 9.17) is 21.3 Å². The number of carbonyl (C=O) groups excluding carboxylic acids is 1. The van der Waals surface area contributed by atoms with Crippen LogP contribution in [0.3, 0.4) is 0 Å². The van der Waals surface area contributed by atoms with Crippen molar-refractivity contribution in [2.24, 2.45) is 5.41 Å². The summed E-state index contributed by atoms with van der Waals surface area (Å²) >= 11 is 0. The summed E-state index contributed by atoms with van der Waals surface area (Å²) in [5.74, 6) is 0.764. The molecule has 2 aliphatic heterocycles. The highest BCUT2D eigenvalue weighted by molar-refractivity contribution is 5.87. The van der Waals surface area contributed by atoms with Gasteiger partial charge in [0.15, 0.2) is 0 Å². The van der Waals surface area contributed by atoms with Crippen LogP contribution in [0.4, 0.5) is 11.5 Å². The van der Waals surface area contributed by atoms with Gasteiger partial charge < -0.3 is 29.2 Å². The summed E-state index contributed by atoms with van der Waals surface area (Å²) in [6.45, 7) is 20.6. The third-order valence-corrected chi connectivity index (χ3v) is 8.60. The SMILES string of the molecule is [C-]#[N+]CC1CN(c2nc(OCC3(CN(C)C)CC3)nc3c2CCN(c2cccc(C)c2C)C3)CCN1C(=O)C=C. The lowest BCUT2D eigenvalue weighted by Gasteiger charge is -2.41. The Morgan fingerprint density at radius 2 is 2.02 bits per heavy atom. The van der Waals surface area contributed by atoms with Gasteiger partial charge in [-0.15, -0.1) is 0 Å². The largest absolute Gasteiger partial charge is 0.463 e. The molecule has 3 aliphatic rings. The number of piperazine rings is 1. The summed E-state index contributed by atoms with van der Waals surface area (Å²) in [4.78, 5) is 34.7. The van der Waals surface area contributed by atoms with Crippen LogP contribution in [0.15, 0.2) is 30.9 Å². The Balaban J connectivity index is 1.46. The molecular formula is C31H41N7O2. The number of benzene rings is 1. The Hall–Kier alpha value is -3.64. The summed E-state index contributed by atoms with van der Waals surface area (Å²) in [5.41, 5.74) is 6.13. The molecule has 1 amide bonds. The molecule has 1 saturated heterocycles. The zero-order valence-electron chi connectivity index (χ0n) is 24.3. The van der Waals surface area contributed by atoms with Gasteiger partial charge in [-0.05, 0) is 70.5 Å². The lowest BCUT2D eigenvalue weighted by atomic mass is 10.0. The van der Waals surface area contributed by atoms with Crippen molar-refractivity contribution in [3.8, 4) is 6.01 Å². The van der Waals surface area contributed by atoms with E-state index >= 15 is 0 Å². The van der Waals surface area contributed by atoms with Crippen molar-refractivity contribution in [1.29, 1.82) is 0 Å². The molecule has 0 radical (unpaired) electrons. The average Bonchev–Trinajstić information content (AvgIpc) is 3.71. The fourth-order valence-corrected chi connectivity index (χ4v) is 6.13. The standard InChI is InChI=1S/C31H41N7O2/c1-7-28(39)38-16-15-37(18-24(38)17-32-4)29-25-11-14-36(27-10-8-9-22(2)23(27)3)19-26(25)33-30(34-29)40-21-31(12-13-31)20-35(5)6/h7-10,24H,1,11-21H2,2-3,5-6H3. The molecule has 1 aromatic carbocycles. The molecule has 1 aromatic heterocycles. The third-order valence-electron chi connectivity index (χ3n) is 8.60. The second-order valence-corrected chi connectivity index (χ2v) is 11.8. The number of amides is 1. The van der Waals surface area contributed by atoms with Crippen LogP contribution < -0.4 is 14.5 Å². The zero-order chi connectivity index (χ0) is 28.4. The van der Waals surface area contributed by atoms with Gasteiger partial charge in [0.25, 0.3) is 0 Å². The van der Waals surface area contributed by atoms with Crippen LogP contribution in [-0.4, -0.2) is 91.7 Å². The van der Waals surface area contributed by atoms with Crippen molar-refractivity contribution >= 4 is 17.4 Å². The summed E-state index contributed by atoms with van der Waals surface area (Å²) in [5, 5.41) is 0. The number of fused-ring (bicyclic) bond motifs is 1. The molecule has 0 N–H and O–H groups in total.